The predicted molar refractivity (Wildman–Crippen MR) is 71.1 cm³/mol. The van der Waals surface area contributed by atoms with Crippen LogP contribution >= 0.6 is 0 Å². The van der Waals surface area contributed by atoms with Crippen LogP contribution in [0.15, 0.2) is 46.2 Å². The standard InChI is InChI=1S/C14H14O4S/c1-9-5-3-8-13(14(9)16)19(17,18)12-7-4-6-11(15)10(12)2/h3-8,15-16H,1-2H3. The van der Waals surface area contributed by atoms with E-state index in [1.54, 1.807) is 19.1 Å². The summed E-state index contributed by atoms with van der Waals surface area (Å²) in [5.41, 5.74) is 0.752. The van der Waals surface area contributed by atoms with Gasteiger partial charge in [0.25, 0.3) is 0 Å². The Labute approximate surface area is 111 Å². The highest BCUT2D eigenvalue weighted by Gasteiger charge is 2.24. The minimum absolute atomic E-state index is 0.00611. The van der Waals surface area contributed by atoms with Crippen molar-refractivity contribution in [3.8, 4) is 11.5 Å². The van der Waals surface area contributed by atoms with Crippen LogP contribution in [-0.2, 0) is 9.84 Å². The molecule has 0 heterocycles. The van der Waals surface area contributed by atoms with Crippen molar-refractivity contribution in [2.45, 2.75) is 23.6 Å². The lowest BCUT2D eigenvalue weighted by atomic mass is 10.2. The van der Waals surface area contributed by atoms with Crippen LogP contribution in [0.5, 0.6) is 11.5 Å². The summed E-state index contributed by atoms with van der Waals surface area (Å²) in [7, 11) is -3.86. The molecule has 0 atom stereocenters. The average Bonchev–Trinajstić information content (AvgIpc) is 2.35. The highest BCUT2D eigenvalue weighted by Crippen LogP contribution is 2.34. The van der Waals surface area contributed by atoms with Crippen molar-refractivity contribution in [1.82, 2.24) is 0 Å². The Morgan fingerprint density at radius 1 is 0.895 bits per heavy atom. The lowest BCUT2D eigenvalue weighted by Gasteiger charge is -2.11. The monoisotopic (exact) mass is 278 g/mol. The Morgan fingerprint density at radius 2 is 1.47 bits per heavy atom. The largest absolute Gasteiger partial charge is 0.508 e. The Morgan fingerprint density at radius 3 is 2.16 bits per heavy atom. The molecule has 5 heteroatoms. The number of hydrogen-bond donors (Lipinski definition) is 2. The Kier molecular flexibility index (Phi) is 3.24. The molecule has 0 aliphatic heterocycles. The summed E-state index contributed by atoms with van der Waals surface area (Å²) in [5.74, 6) is -0.349. The molecule has 2 aromatic carbocycles. The zero-order chi connectivity index (χ0) is 14.2. The fourth-order valence-corrected chi connectivity index (χ4v) is 3.54. The van der Waals surface area contributed by atoms with Crippen molar-refractivity contribution in [3.63, 3.8) is 0 Å². The third kappa shape index (κ3) is 2.17. The maximum atomic E-state index is 12.5. The molecule has 2 N–H and O–H groups in total. The first-order valence-electron chi connectivity index (χ1n) is 5.68. The minimum Gasteiger partial charge on any atom is -0.508 e. The summed E-state index contributed by atoms with van der Waals surface area (Å²) in [6.45, 7) is 3.15. The van der Waals surface area contributed by atoms with Crippen LogP contribution in [0.25, 0.3) is 0 Å². The van der Waals surface area contributed by atoms with Gasteiger partial charge in [0.05, 0.1) is 4.90 Å². The predicted octanol–water partition coefficient (Wildman–Crippen LogP) is 2.55. The average molecular weight is 278 g/mol. The molecule has 2 rings (SSSR count). The van der Waals surface area contributed by atoms with Crippen LogP contribution in [0.1, 0.15) is 11.1 Å². The highest BCUT2D eigenvalue weighted by atomic mass is 32.2. The fraction of sp³-hybridized carbons (Fsp3) is 0.143. The van der Waals surface area contributed by atoms with Crippen molar-refractivity contribution in [2.24, 2.45) is 0 Å². The zero-order valence-corrected chi connectivity index (χ0v) is 11.4. The van der Waals surface area contributed by atoms with E-state index in [2.05, 4.69) is 0 Å². The third-order valence-corrected chi connectivity index (χ3v) is 4.97. The van der Waals surface area contributed by atoms with Crippen LogP contribution in [0.2, 0.25) is 0 Å². The SMILES string of the molecule is Cc1cccc(S(=O)(=O)c2cccc(O)c2C)c1O. The molecule has 0 saturated carbocycles. The molecule has 100 valence electrons. The second-order valence-electron chi connectivity index (χ2n) is 4.33. The number of sulfone groups is 1. The van der Waals surface area contributed by atoms with Gasteiger partial charge in [-0.15, -0.1) is 0 Å². The van der Waals surface area contributed by atoms with E-state index in [-0.39, 0.29) is 26.9 Å². The number of rotatable bonds is 2. The first-order chi connectivity index (χ1) is 8.85. The van der Waals surface area contributed by atoms with Crippen LogP contribution in [-0.4, -0.2) is 18.6 Å². The first-order valence-corrected chi connectivity index (χ1v) is 7.16. The number of hydrogen-bond acceptors (Lipinski definition) is 4. The van der Waals surface area contributed by atoms with E-state index in [9.17, 15) is 18.6 Å². The maximum Gasteiger partial charge on any atom is 0.210 e. The first kappa shape index (κ1) is 13.4. The van der Waals surface area contributed by atoms with Gasteiger partial charge in [0, 0.05) is 5.56 Å². The van der Waals surface area contributed by atoms with Crippen LogP contribution in [0.4, 0.5) is 0 Å². The molecule has 19 heavy (non-hydrogen) atoms. The molecule has 2 aromatic rings. The molecular formula is C14H14O4S. The van der Waals surface area contributed by atoms with Crippen molar-refractivity contribution in [1.29, 1.82) is 0 Å². The van der Waals surface area contributed by atoms with Gasteiger partial charge in [-0.1, -0.05) is 18.2 Å². The van der Waals surface area contributed by atoms with Gasteiger partial charge in [0.15, 0.2) is 0 Å². The summed E-state index contributed by atoms with van der Waals surface area (Å²) >= 11 is 0. The van der Waals surface area contributed by atoms with Crippen LogP contribution in [0, 0.1) is 13.8 Å². The lowest BCUT2D eigenvalue weighted by Crippen LogP contribution is -2.05. The lowest BCUT2D eigenvalue weighted by molar-refractivity contribution is 0.453. The molecule has 0 fully saturated rings. The Bertz CT molecular complexity index is 676. The van der Waals surface area contributed by atoms with E-state index in [0.717, 1.165) is 0 Å². The number of para-hydroxylation sites is 1. The fourth-order valence-electron chi connectivity index (χ4n) is 1.86. The zero-order valence-electron chi connectivity index (χ0n) is 10.6. The van der Waals surface area contributed by atoms with Crippen molar-refractivity contribution in [3.05, 3.63) is 47.5 Å². The Balaban J connectivity index is 2.73. The number of benzene rings is 2. The van der Waals surface area contributed by atoms with Gasteiger partial charge in [-0.25, -0.2) is 8.42 Å². The molecule has 0 saturated heterocycles. The molecule has 0 bridgehead atoms. The molecule has 0 radical (unpaired) electrons. The van der Waals surface area contributed by atoms with Crippen molar-refractivity contribution < 1.29 is 18.6 Å². The van der Waals surface area contributed by atoms with E-state index in [0.29, 0.717) is 5.56 Å². The van der Waals surface area contributed by atoms with Gasteiger partial charge in [-0.2, -0.15) is 0 Å². The smallest absolute Gasteiger partial charge is 0.210 e. The molecule has 4 nitrogen and oxygen atoms in total. The summed E-state index contributed by atoms with van der Waals surface area (Å²) < 4.78 is 25.0. The van der Waals surface area contributed by atoms with E-state index in [4.69, 9.17) is 0 Å². The van der Waals surface area contributed by atoms with Gasteiger partial charge in [-0.05, 0) is 37.6 Å². The quantitative estimate of drug-likeness (QED) is 0.885. The molecular weight excluding hydrogens is 264 g/mol. The number of phenols is 2. The van der Waals surface area contributed by atoms with Crippen LogP contribution in [0.3, 0.4) is 0 Å². The maximum absolute atomic E-state index is 12.5. The van der Waals surface area contributed by atoms with E-state index in [1.807, 2.05) is 0 Å². The van der Waals surface area contributed by atoms with Gasteiger partial charge >= 0.3 is 0 Å². The van der Waals surface area contributed by atoms with Gasteiger partial charge in [-0.3, -0.25) is 0 Å². The summed E-state index contributed by atoms with van der Waals surface area (Å²) in [4.78, 5) is -0.158. The minimum atomic E-state index is -3.86. The molecule has 0 aliphatic carbocycles. The highest BCUT2D eigenvalue weighted by molar-refractivity contribution is 7.91. The van der Waals surface area contributed by atoms with E-state index in [1.165, 1.54) is 31.2 Å². The molecule has 0 unspecified atom stereocenters. The summed E-state index contributed by atoms with van der Waals surface area (Å²) in [6.07, 6.45) is 0. The molecule has 0 aromatic heterocycles. The summed E-state index contributed by atoms with van der Waals surface area (Å²) in [5, 5.41) is 19.5. The van der Waals surface area contributed by atoms with Crippen molar-refractivity contribution >= 4 is 9.84 Å². The van der Waals surface area contributed by atoms with Gasteiger partial charge in [0.2, 0.25) is 9.84 Å². The molecule has 0 spiro atoms. The van der Waals surface area contributed by atoms with Gasteiger partial charge in [0.1, 0.15) is 16.4 Å². The van der Waals surface area contributed by atoms with Crippen molar-refractivity contribution in [2.75, 3.05) is 0 Å². The van der Waals surface area contributed by atoms with Gasteiger partial charge < -0.3 is 10.2 Å². The third-order valence-electron chi connectivity index (χ3n) is 3.04. The summed E-state index contributed by atoms with van der Waals surface area (Å²) in [6, 6.07) is 8.84. The number of phenolic OH excluding ortho intramolecular Hbond substituents is 2. The topological polar surface area (TPSA) is 74.6 Å². The van der Waals surface area contributed by atoms with E-state index < -0.39 is 9.84 Å². The molecule has 0 amide bonds. The second-order valence-corrected chi connectivity index (χ2v) is 6.21. The van der Waals surface area contributed by atoms with Crippen LogP contribution < -0.4 is 0 Å². The second kappa shape index (κ2) is 4.59. The van der Waals surface area contributed by atoms with E-state index >= 15 is 0 Å². The Hall–Kier alpha value is -2.01. The normalized spacial score (nSPS) is 11.5. The number of aromatic hydroxyl groups is 2. The number of aryl methyl sites for hydroxylation is 1. The molecule has 0 aliphatic rings.